The molecule has 1 fully saturated rings. The standard InChI is InChI=1S/C14H20N4O2/c1-9-10(2)16-18(11(9)3)6-4-13-15-14(17-20-13)12-5-7-19-8-12/h12H,4-8H2,1-3H3/t12-/m1/s1. The number of hydrogen-bond donors (Lipinski definition) is 0. The Morgan fingerprint density at radius 1 is 1.30 bits per heavy atom. The van der Waals surface area contributed by atoms with Crippen molar-refractivity contribution in [2.24, 2.45) is 0 Å². The van der Waals surface area contributed by atoms with Crippen LogP contribution < -0.4 is 0 Å². The first-order chi connectivity index (χ1) is 9.65. The van der Waals surface area contributed by atoms with Gasteiger partial charge in [0, 0.05) is 31.2 Å². The molecule has 2 aromatic rings. The normalized spacial score (nSPS) is 18.9. The Morgan fingerprint density at radius 3 is 2.80 bits per heavy atom. The fraction of sp³-hybridized carbons (Fsp3) is 0.643. The Morgan fingerprint density at radius 2 is 2.15 bits per heavy atom. The van der Waals surface area contributed by atoms with Crippen molar-refractivity contribution in [2.75, 3.05) is 13.2 Å². The fourth-order valence-corrected chi connectivity index (χ4v) is 2.48. The number of aryl methyl sites for hydroxylation is 3. The molecule has 0 bridgehead atoms. The molecule has 6 nitrogen and oxygen atoms in total. The molecular formula is C14H20N4O2. The molecule has 0 radical (unpaired) electrons. The molecule has 6 heteroatoms. The molecule has 1 aliphatic heterocycles. The van der Waals surface area contributed by atoms with Crippen molar-refractivity contribution >= 4 is 0 Å². The molecule has 0 aliphatic carbocycles. The van der Waals surface area contributed by atoms with Crippen LogP contribution in [0.3, 0.4) is 0 Å². The lowest BCUT2D eigenvalue weighted by molar-refractivity contribution is 0.192. The van der Waals surface area contributed by atoms with Crippen LogP contribution in [0.4, 0.5) is 0 Å². The van der Waals surface area contributed by atoms with Crippen molar-refractivity contribution in [1.82, 2.24) is 19.9 Å². The lowest BCUT2D eigenvalue weighted by atomic mass is 10.1. The molecule has 1 aliphatic rings. The van der Waals surface area contributed by atoms with Gasteiger partial charge in [-0.25, -0.2) is 0 Å². The highest BCUT2D eigenvalue weighted by Crippen LogP contribution is 2.22. The van der Waals surface area contributed by atoms with E-state index < -0.39 is 0 Å². The Bertz CT molecular complexity index is 596. The molecule has 0 unspecified atom stereocenters. The van der Waals surface area contributed by atoms with Crippen LogP contribution >= 0.6 is 0 Å². The van der Waals surface area contributed by atoms with Gasteiger partial charge in [0.25, 0.3) is 0 Å². The maximum Gasteiger partial charge on any atom is 0.228 e. The van der Waals surface area contributed by atoms with Crippen LogP contribution in [0.2, 0.25) is 0 Å². The minimum Gasteiger partial charge on any atom is -0.381 e. The third-order valence-electron chi connectivity index (χ3n) is 4.06. The second-order valence-electron chi connectivity index (χ2n) is 5.38. The first-order valence-electron chi connectivity index (χ1n) is 7.06. The Balaban J connectivity index is 1.64. The first kappa shape index (κ1) is 13.3. The van der Waals surface area contributed by atoms with E-state index in [1.54, 1.807) is 0 Å². The van der Waals surface area contributed by atoms with E-state index in [9.17, 15) is 0 Å². The van der Waals surface area contributed by atoms with E-state index in [4.69, 9.17) is 9.26 Å². The summed E-state index contributed by atoms with van der Waals surface area (Å²) in [6.07, 6.45) is 1.69. The van der Waals surface area contributed by atoms with Crippen molar-refractivity contribution in [3.05, 3.63) is 28.7 Å². The smallest absolute Gasteiger partial charge is 0.228 e. The maximum atomic E-state index is 5.35. The van der Waals surface area contributed by atoms with Gasteiger partial charge in [0.05, 0.1) is 12.3 Å². The lowest BCUT2D eigenvalue weighted by Gasteiger charge is -2.01. The molecule has 0 N–H and O–H groups in total. The molecule has 20 heavy (non-hydrogen) atoms. The molecule has 3 rings (SSSR count). The molecule has 3 heterocycles. The van der Waals surface area contributed by atoms with Crippen molar-refractivity contribution < 1.29 is 9.26 Å². The highest BCUT2D eigenvalue weighted by atomic mass is 16.5. The summed E-state index contributed by atoms with van der Waals surface area (Å²) in [6, 6.07) is 0. The van der Waals surface area contributed by atoms with Crippen LogP contribution in [0.5, 0.6) is 0 Å². The first-order valence-corrected chi connectivity index (χ1v) is 7.06. The quantitative estimate of drug-likeness (QED) is 0.853. The van der Waals surface area contributed by atoms with Gasteiger partial charge in [-0.05, 0) is 32.8 Å². The van der Waals surface area contributed by atoms with Crippen LogP contribution in [0.25, 0.3) is 0 Å². The molecule has 0 spiro atoms. The van der Waals surface area contributed by atoms with E-state index >= 15 is 0 Å². The van der Waals surface area contributed by atoms with Crippen molar-refractivity contribution in [3.8, 4) is 0 Å². The van der Waals surface area contributed by atoms with Gasteiger partial charge >= 0.3 is 0 Å². The third kappa shape index (κ3) is 2.47. The average Bonchev–Trinajstić information content (AvgIpc) is 3.14. The van der Waals surface area contributed by atoms with Gasteiger partial charge in [-0.1, -0.05) is 5.16 Å². The van der Waals surface area contributed by atoms with Crippen LogP contribution in [0.15, 0.2) is 4.52 Å². The summed E-state index contributed by atoms with van der Waals surface area (Å²) in [7, 11) is 0. The molecule has 0 amide bonds. The number of hydrogen-bond acceptors (Lipinski definition) is 5. The second-order valence-corrected chi connectivity index (χ2v) is 5.38. The SMILES string of the molecule is Cc1nn(CCc2nc([C@@H]3CCOC3)no2)c(C)c1C. The molecule has 0 aromatic carbocycles. The second kappa shape index (κ2) is 5.36. The summed E-state index contributed by atoms with van der Waals surface area (Å²) >= 11 is 0. The lowest BCUT2D eigenvalue weighted by Crippen LogP contribution is -2.06. The largest absolute Gasteiger partial charge is 0.381 e. The third-order valence-corrected chi connectivity index (χ3v) is 4.06. The van der Waals surface area contributed by atoms with Crippen LogP contribution in [0, 0.1) is 20.8 Å². The summed E-state index contributed by atoms with van der Waals surface area (Å²) in [5, 5.41) is 8.58. The van der Waals surface area contributed by atoms with Crippen LogP contribution in [0.1, 0.15) is 41.0 Å². The van der Waals surface area contributed by atoms with Gasteiger partial charge in [0.15, 0.2) is 5.82 Å². The number of rotatable bonds is 4. The van der Waals surface area contributed by atoms with Gasteiger partial charge < -0.3 is 9.26 Å². The van der Waals surface area contributed by atoms with E-state index in [1.807, 2.05) is 11.6 Å². The van der Waals surface area contributed by atoms with E-state index in [0.29, 0.717) is 24.8 Å². The summed E-state index contributed by atoms with van der Waals surface area (Å²) in [6.45, 7) is 8.48. The summed E-state index contributed by atoms with van der Waals surface area (Å²) in [5.74, 6) is 1.75. The molecule has 0 saturated carbocycles. The van der Waals surface area contributed by atoms with Gasteiger partial charge in [0.1, 0.15) is 0 Å². The zero-order valence-electron chi connectivity index (χ0n) is 12.2. The van der Waals surface area contributed by atoms with E-state index in [0.717, 1.165) is 31.1 Å². The maximum absolute atomic E-state index is 5.35. The van der Waals surface area contributed by atoms with E-state index in [2.05, 4.69) is 29.1 Å². The van der Waals surface area contributed by atoms with Gasteiger partial charge in [-0.2, -0.15) is 10.1 Å². The summed E-state index contributed by atoms with van der Waals surface area (Å²) in [4.78, 5) is 4.47. The topological polar surface area (TPSA) is 66.0 Å². The summed E-state index contributed by atoms with van der Waals surface area (Å²) in [5.41, 5.74) is 3.53. The van der Waals surface area contributed by atoms with Gasteiger partial charge in [-0.15, -0.1) is 0 Å². The number of aromatic nitrogens is 4. The molecule has 2 aromatic heterocycles. The monoisotopic (exact) mass is 276 g/mol. The molecule has 108 valence electrons. The van der Waals surface area contributed by atoms with Crippen LogP contribution in [-0.4, -0.2) is 33.1 Å². The molecule has 1 atom stereocenters. The minimum atomic E-state index is 0.295. The van der Waals surface area contributed by atoms with Gasteiger partial charge in [-0.3, -0.25) is 4.68 Å². The minimum absolute atomic E-state index is 0.295. The zero-order chi connectivity index (χ0) is 14.1. The molecule has 1 saturated heterocycles. The van der Waals surface area contributed by atoms with Gasteiger partial charge in [0.2, 0.25) is 5.89 Å². The van der Waals surface area contributed by atoms with Crippen molar-refractivity contribution in [3.63, 3.8) is 0 Å². The number of nitrogens with zero attached hydrogens (tertiary/aromatic N) is 4. The Hall–Kier alpha value is -1.69. The molecular weight excluding hydrogens is 256 g/mol. The summed E-state index contributed by atoms with van der Waals surface area (Å²) < 4.78 is 12.7. The fourth-order valence-electron chi connectivity index (χ4n) is 2.48. The van der Waals surface area contributed by atoms with E-state index in [-0.39, 0.29) is 0 Å². The zero-order valence-corrected chi connectivity index (χ0v) is 12.2. The highest BCUT2D eigenvalue weighted by molar-refractivity contribution is 5.22. The predicted molar refractivity (Wildman–Crippen MR) is 72.6 cm³/mol. The highest BCUT2D eigenvalue weighted by Gasteiger charge is 2.23. The number of ether oxygens (including phenoxy) is 1. The Labute approximate surface area is 118 Å². The van der Waals surface area contributed by atoms with Crippen molar-refractivity contribution in [1.29, 1.82) is 0 Å². The average molecular weight is 276 g/mol. The Kier molecular flexibility index (Phi) is 3.56. The van der Waals surface area contributed by atoms with E-state index in [1.165, 1.54) is 11.3 Å². The predicted octanol–water partition coefficient (Wildman–Crippen LogP) is 1.94. The van der Waals surface area contributed by atoms with Crippen molar-refractivity contribution in [2.45, 2.75) is 46.1 Å². The van der Waals surface area contributed by atoms with Crippen LogP contribution in [-0.2, 0) is 17.7 Å².